The van der Waals surface area contributed by atoms with Crippen LogP contribution in [-0.4, -0.2) is 66.3 Å². The van der Waals surface area contributed by atoms with Crippen molar-refractivity contribution in [2.45, 2.75) is 26.7 Å². The number of carbonyl (C=O) groups excluding carboxylic acids is 1. The summed E-state index contributed by atoms with van der Waals surface area (Å²) in [6.07, 6.45) is 1.41. The molecule has 0 aromatic heterocycles. The lowest BCUT2D eigenvalue weighted by atomic mass is 9.99. The van der Waals surface area contributed by atoms with E-state index in [-0.39, 0.29) is 6.03 Å². The van der Waals surface area contributed by atoms with Gasteiger partial charge in [0, 0.05) is 32.8 Å². The molecule has 1 aliphatic rings. The summed E-state index contributed by atoms with van der Waals surface area (Å²) in [6, 6.07) is -0.0758. The van der Waals surface area contributed by atoms with E-state index in [1.165, 1.54) is 0 Å². The highest BCUT2D eigenvalue weighted by molar-refractivity contribution is 5.76. The van der Waals surface area contributed by atoms with Gasteiger partial charge in [0.15, 0.2) is 0 Å². The van der Waals surface area contributed by atoms with Crippen LogP contribution in [0, 0.1) is 5.92 Å². The smallest absolute Gasteiger partial charge is 0.320 e. The molecule has 0 aromatic carbocycles. The van der Waals surface area contributed by atoms with Gasteiger partial charge in [0.05, 0.1) is 12.5 Å². The Morgan fingerprint density at radius 1 is 1.42 bits per heavy atom. The number of ether oxygens (including phenoxy) is 1. The van der Waals surface area contributed by atoms with Crippen LogP contribution in [0.3, 0.4) is 0 Å². The van der Waals surface area contributed by atoms with E-state index in [1.807, 2.05) is 13.8 Å². The first kappa shape index (κ1) is 15.8. The number of carbonyl (C=O) groups is 2. The molecule has 19 heavy (non-hydrogen) atoms. The maximum absolute atomic E-state index is 12.3. The van der Waals surface area contributed by atoms with Gasteiger partial charge in [-0.05, 0) is 26.7 Å². The van der Waals surface area contributed by atoms with Crippen molar-refractivity contribution in [3.63, 3.8) is 0 Å². The van der Waals surface area contributed by atoms with E-state index in [4.69, 9.17) is 9.84 Å². The zero-order valence-corrected chi connectivity index (χ0v) is 11.8. The first-order valence-electron chi connectivity index (χ1n) is 6.94. The van der Waals surface area contributed by atoms with Crippen LogP contribution in [0.5, 0.6) is 0 Å². The van der Waals surface area contributed by atoms with Crippen molar-refractivity contribution in [2.75, 3.05) is 39.4 Å². The molecule has 1 heterocycles. The summed E-state index contributed by atoms with van der Waals surface area (Å²) in [7, 11) is 0. The van der Waals surface area contributed by atoms with Crippen molar-refractivity contribution < 1.29 is 19.4 Å². The number of likely N-dealkylation sites (tertiary alicyclic amines) is 1. The van der Waals surface area contributed by atoms with Crippen molar-refractivity contribution in [2.24, 2.45) is 5.92 Å². The normalized spacial score (nSPS) is 19.3. The first-order chi connectivity index (χ1) is 9.10. The zero-order chi connectivity index (χ0) is 14.3. The monoisotopic (exact) mass is 272 g/mol. The Morgan fingerprint density at radius 2 is 2.16 bits per heavy atom. The second-order valence-corrected chi connectivity index (χ2v) is 4.68. The van der Waals surface area contributed by atoms with Gasteiger partial charge in [-0.1, -0.05) is 0 Å². The van der Waals surface area contributed by atoms with E-state index in [9.17, 15) is 9.59 Å². The van der Waals surface area contributed by atoms with Gasteiger partial charge in [0.25, 0.3) is 0 Å². The van der Waals surface area contributed by atoms with Gasteiger partial charge < -0.3 is 19.6 Å². The van der Waals surface area contributed by atoms with Gasteiger partial charge in [-0.25, -0.2) is 4.79 Å². The SMILES string of the molecule is CCOCCN(CC)C(=O)N1CCC[C@@H](C(=O)O)C1. The molecule has 6 heteroatoms. The minimum absolute atomic E-state index is 0.0758. The van der Waals surface area contributed by atoms with Gasteiger partial charge >= 0.3 is 12.0 Å². The highest BCUT2D eigenvalue weighted by Gasteiger charge is 2.29. The number of amides is 2. The van der Waals surface area contributed by atoms with Crippen LogP contribution in [0.4, 0.5) is 4.79 Å². The van der Waals surface area contributed by atoms with Crippen molar-refractivity contribution in [3.05, 3.63) is 0 Å². The third kappa shape index (κ3) is 4.70. The summed E-state index contributed by atoms with van der Waals surface area (Å²) in [5, 5.41) is 9.04. The van der Waals surface area contributed by atoms with Gasteiger partial charge in [0.2, 0.25) is 0 Å². The Bertz CT molecular complexity index is 309. The van der Waals surface area contributed by atoms with E-state index < -0.39 is 11.9 Å². The summed E-state index contributed by atoms with van der Waals surface area (Å²) in [5.41, 5.74) is 0. The van der Waals surface area contributed by atoms with E-state index in [2.05, 4.69) is 0 Å². The number of carboxylic acid groups (broad SMARTS) is 1. The van der Waals surface area contributed by atoms with Gasteiger partial charge in [-0.3, -0.25) is 4.79 Å². The molecular weight excluding hydrogens is 248 g/mol. The molecule has 0 saturated carbocycles. The molecule has 1 atom stereocenters. The van der Waals surface area contributed by atoms with E-state index in [0.717, 1.165) is 6.42 Å². The molecular formula is C13H24N2O4. The van der Waals surface area contributed by atoms with Gasteiger partial charge in [0.1, 0.15) is 0 Å². The third-order valence-corrected chi connectivity index (χ3v) is 3.40. The van der Waals surface area contributed by atoms with Crippen LogP contribution < -0.4 is 0 Å². The Labute approximate surface area is 114 Å². The Morgan fingerprint density at radius 3 is 2.74 bits per heavy atom. The fourth-order valence-electron chi connectivity index (χ4n) is 2.26. The number of hydrogen-bond acceptors (Lipinski definition) is 3. The molecule has 2 amide bonds. The Hall–Kier alpha value is -1.30. The second kappa shape index (κ2) is 7.99. The van der Waals surface area contributed by atoms with E-state index >= 15 is 0 Å². The number of carboxylic acids is 1. The average molecular weight is 272 g/mol. The van der Waals surface area contributed by atoms with Crippen molar-refractivity contribution in [1.82, 2.24) is 9.80 Å². The molecule has 0 spiro atoms. The van der Waals surface area contributed by atoms with Crippen LogP contribution in [0.15, 0.2) is 0 Å². The fourth-order valence-corrected chi connectivity index (χ4v) is 2.26. The van der Waals surface area contributed by atoms with Crippen LogP contribution in [0.2, 0.25) is 0 Å². The zero-order valence-electron chi connectivity index (χ0n) is 11.8. The predicted molar refractivity (Wildman–Crippen MR) is 71.1 cm³/mol. The fraction of sp³-hybridized carbons (Fsp3) is 0.846. The average Bonchev–Trinajstić information content (AvgIpc) is 2.43. The highest BCUT2D eigenvalue weighted by atomic mass is 16.5. The number of rotatable bonds is 6. The molecule has 0 unspecified atom stereocenters. The quantitative estimate of drug-likeness (QED) is 0.739. The number of aliphatic carboxylic acids is 1. The van der Waals surface area contributed by atoms with Crippen molar-refractivity contribution in [3.8, 4) is 0 Å². The molecule has 1 fully saturated rings. The molecule has 0 bridgehead atoms. The topological polar surface area (TPSA) is 70.1 Å². The standard InChI is InChI=1S/C13H24N2O4/c1-3-14(8-9-19-4-2)13(18)15-7-5-6-11(10-15)12(16)17/h11H,3-10H2,1-2H3,(H,16,17)/t11-/m1/s1. The Kier molecular flexibility index (Phi) is 6.62. The number of urea groups is 1. The Balaban J connectivity index is 2.51. The largest absolute Gasteiger partial charge is 0.481 e. The lowest BCUT2D eigenvalue weighted by Crippen LogP contribution is -2.49. The summed E-state index contributed by atoms with van der Waals surface area (Å²) < 4.78 is 5.26. The molecule has 0 aromatic rings. The van der Waals surface area contributed by atoms with Crippen LogP contribution in [0.25, 0.3) is 0 Å². The van der Waals surface area contributed by atoms with Gasteiger partial charge in [-0.2, -0.15) is 0 Å². The molecule has 1 aliphatic heterocycles. The molecule has 0 aliphatic carbocycles. The minimum Gasteiger partial charge on any atom is -0.481 e. The summed E-state index contributed by atoms with van der Waals surface area (Å²) in [5.74, 6) is -1.24. The molecule has 6 nitrogen and oxygen atoms in total. The third-order valence-electron chi connectivity index (χ3n) is 3.40. The minimum atomic E-state index is -0.810. The second-order valence-electron chi connectivity index (χ2n) is 4.68. The molecule has 110 valence electrons. The maximum atomic E-state index is 12.3. The number of likely N-dealkylation sites (N-methyl/N-ethyl adjacent to an activating group) is 1. The summed E-state index contributed by atoms with van der Waals surface area (Å²) in [4.78, 5) is 26.7. The summed E-state index contributed by atoms with van der Waals surface area (Å²) in [6.45, 7) is 7.12. The van der Waals surface area contributed by atoms with Crippen molar-refractivity contribution in [1.29, 1.82) is 0 Å². The summed E-state index contributed by atoms with van der Waals surface area (Å²) >= 11 is 0. The molecule has 1 N–H and O–H groups in total. The van der Waals surface area contributed by atoms with Crippen LogP contribution >= 0.6 is 0 Å². The highest BCUT2D eigenvalue weighted by Crippen LogP contribution is 2.17. The van der Waals surface area contributed by atoms with E-state index in [1.54, 1.807) is 9.80 Å². The number of piperidine rings is 1. The molecule has 1 rings (SSSR count). The van der Waals surface area contributed by atoms with Crippen molar-refractivity contribution >= 4 is 12.0 Å². The van der Waals surface area contributed by atoms with E-state index in [0.29, 0.717) is 45.8 Å². The maximum Gasteiger partial charge on any atom is 0.320 e. The van der Waals surface area contributed by atoms with Gasteiger partial charge in [-0.15, -0.1) is 0 Å². The lowest BCUT2D eigenvalue weighted by molar-refractivity contribution is -0.143. The number of nitrogens with zero attached hydrogens (tertiary/aromatic N) is 2. The number of hydrogen-bond donors (Lipinski definition) is 1. The molecule has 0 radical (unpaired) electrons. The lowest BCUT2D eigenvalue weighted by Gasteiger charge is -2.34. The van der Waals surface area contributed by atoms with Crippen LogP contribution in [0.1, 0.15) is 26.7 Å². The van der Waals surface area contributed by atoms with Crippen LogP contribution in [-0.2, 0) is 9.53 Å². The predicted octanol–water partition coefficient (Wildman–Crippen LogP) is 1.26. The first-order valence-corrected chi connectivity index (χ1v) is 6.94. The molecule has 1 saturated heterocycles.